The number of nitrogens with zero attached hydrogens (tertiary/aromatic N) is 3. The molecule has 0 bridgehead atoms. The molecule has 0 aliphatic carbocycles. The number of anilines is 1. The molecule has 2 aromatic heterocycles. The minimum Gasteiger partial charge on any atom is -0.454 e. The summed E-state index contributed by atoms with van der Waals surface area (Å²) < 4.78 is 13.2. The number of aryl methyl sites for hydroxylation is 3. The summed E-state index contributed by atoms with van der Waals surface area (Å²) in [6.07, 6.45) is 3.91. The molecule has 8 nitrogen and oxygen atoms in total. The summed E-state index contributed by atoms with van der Waals surface area (Å²) in [5.74, 6) is 0.822. The molecule has 5 rings (SSSR count). The number of benzene rings is 2. The lowest BCUT2D eigenvalue weighted by Gasteiger charge is -2.25. The van der Waals surface area contributed by atoms with Gasteiger partial charge < -0.3 is 24.3 Å². The molecule has 2 amide bonds. The van der Waals surface area contributed by atoms with Crippen molar-refractivity contribution in [3.05, 3.63) is 82.8 Å². The van der Waals surface area contributed by atoms with Gasteiger partial charge in [-0.15, -0.1) is 0 Å². The van der Waals surface area contributed by atoms with E-state index in [1.165, 1.54) is 11.1 Å². The maximum absolute atomic E-state index is 13.8. The molecule has 3 heterocycles. The number of amides is 2. The van der Waals surface area contributed by atoms with Gasteiger partial charge in [0.1, 0.15) is 6.04 Å². The van der Waals surface area contributed by atoms with Gasteiger partial charge >= 0.3 is 0 Å². The summed E-state index contributed by atoms with van der Waals surface area (Å²) in [5.41, 5.74) is 7.15. The number of nitrogens with one attached hydrogen (secondary N) is 1. The standard InChI is InChI=1S/C31H34N4O4/c1-6-35-21(4)24(29-19(2)7-8-20(3)30(29)35)17-28(36)33-25(15-22-11-13-32-14-12-22)31(37)34(5)23-9-10-26-27(16-23)39-18-38-26/h7-14,16,25H,6,15,17-18H2,1-5H3,(H,33,36). The first-order chi connectivity index (χ1) is 18.8. The fourth-order valence-electron chi connectivity index (χ4n) is 5.46. The fraction of sp³-hybridized carbons (Fsp3) is 0.323. The van der Waals surface area contributed by atoms with Crippen molar-refractivity contribution in [2.24, 2.45) is 0 Å². The first-order valence-corrected chi connectivity index (χ1v) is 13.2. The predicted octanol–water partition coefficient (Wildman–Crippen LogP) is 4.64. The van der Waals surface area contributed by atoms with Gasteiger partial charge in [-0.25, -0.2) is 0 Å². The van der Waals surface area contributed by atoms with Crippen molar-refractivity contribution in [3.63, 3.8) is 0 Å². The van der Waals surface area contributed by atoms with Gasteiger partial charge in [0, 0.05) is 55.2 Å². The highest BCUT2D eigenvalue weighted by atomic mass is 16.7. The SMILES string of the molecule is CCn1c(C)c(CC(=O)NC(Cc2ccncc2)C(=O)N(C)c2ccc3c(c2)OCO3)c2c(C)ccc(C)c21. The average Bonchev–Trinajstić information content (AvgIpc) is 3.52. The molecular formula is C31H34N4O4. The predicted molar refractivity (Wildman–Crippen MR) is 151 cm³/mol. The zero-order valence-electron chi connectivity index (χ0n) is 23.1. The van der Waals surface area contributed by atoms with Crippen molar-refractivity contribution < 1.29 is 19.1 Å². The van der Waals surface area contributed by atoms with Gasteiger partial charge in [-0.2, -0.15) is 0 Å². The molecule has 4 aromatic rings. The van der Waals surface area contributed by atoms with E-state index in [0.29, 0.717) is 23.6 Å². The number of likely N-dealkylation sites (N-methyl/N-ethyl adjacent to an activating group) is 1. The van der Waals surface area contributed by atoms with Crippen LogP contribution in [0.4, 0.5) is 5.69 Å². The molecule has 1 atom stereocenters. The first kappa shape index (κ1) is 26.3. The highest BCUT2D eigenvalue weighted by molar-refractivity contribution is 6.00. The maximum Gasteiger partial charge on any atom is 0.249 e. The molecule has 0 fully saturated rings. The smallest absolute Gasteiger partial charge is 0.249 e. The number of fused-ring (bicyclic) bond motifs is 2. The van der Waals surface area contributed by atoms with Crippen molar-refractivity contribution in [2.45, 2.75) is 53.1 Å². The molecule has 2 aromatic carbocycles. The van der Waals surface area contributed by atoms with Gasteiger partial charge in [-0.05, 0) is 74.2 Å². The quantitative estimate of drug-likeness (QED) is 0.362. The largest absolute Gasteiger partial charge is 0.454 e. The Labute approximate surface area is 228 Å². The molecule has 0 spiro atoms. The van der Waals surface area contributed by atoms with Crippen LogP contribution in [-0.4, -0.2) is 41.2 Å². The van der Waals surface area contributed by atoms with Crippen LogP contribution in [0.5, 0.6) is 11.5 Å². The second-order valence-corrected chi connectivity index (χ2v) is 10.0. The van der Waals surface area contributed by atoms with Crippen LogP contribution in [0.3, 0.4) is 0 Å². The highest BCUT2D eigenvalue weighted by Crippen LogP contribution is 2.35. The van der Waals surface area contributed by atoms with E-state index >= 15 is 0 Å². The summed E-state index contributed by atoms with van der Waals surface area (Å²) >= 11 is 0. The molecule has 1 aliphatic rings. The van der Waals surface area contributed by atoms with E-state index in [1.54, 1.807) is 36.5 Å². The van der Waals surface area contributed by atoms with E-state index < -0.39 is 6.04 Å². The van der Waals surface area contributed by atoms with Gasteiger partial charge in [0.15, 0.2) is 11.5 Å². The Morgan fingerprint density at radius 2 is 1.74 bits per heavy atom. The summed E-state index contributed by atoms with van der Waals surface area (Å²) in [6.45, 7) is 9.35. The van der Waals surface area contributed by atoms with Gasteiger partial charge in [-0.1, -0.05) is 12.1 Å². The van der Waals surface area contributed by atoms with Crippen molar-refractivity contribution in [1.82, 2.24) is 14.9 Å². The van der Waals surface area contributed by atoms with E-state index in [1.807, 2.05) is 18.2 Å². The van der Waals surface area contributed by atoms with Crippen molar-refractivity contribution in [3.8, 4) is 11.5 Å². The number of pyridine rings is 1. The van der Waals surface area contributed by atoms with Crippen LogP contribution in [-0.2, 0) is 29.0 Å². The molecule has 0 saturated heterocycles. The number of carbonyl (C=O) groups excluding carboxylic acids is 2. The molecule has 202 valence electrons. The Hall–Kier alpha value is -4.33. The van der Waals surface area contributed by atoms with Crippen LogP contribution in [0, 0.1) is 20.8 Å². The van der Waals surface area contributed by atoms with Crippen LogP contribution in [0.1, 0.15) is 34.9 Å². The fourth-order valence-corrected chi connectivity index (χ4v) is 5.46. The number of hydrogen-bond donors (Lipinski definition) is 1. The Kier molecular flexibility index (Phi) is 7.28. The third kappa shape index (κ3) is 5.06. The molecule has 1 unspecified atom stereocenters. The van der Waals surface area contributed by atoms with Gasteiger partial charge in [0.2, 0.25) is 18.6 Å². The third-order valence-electron chi connectivity index (χ3n) is 7.55. The van der Waals surface area contributed by atoms with Crippen LogP contribution >= 0.6 is 0 Å². The number of ether oxygens (including phenoxy) is 2. The van der Waals surface area contributed by atoms with Crippen molar-refractivity contribution in [2.75, 3.05) is 18.7 Å². The summed E-state index contributed by atoms with van der Waals surface area (Å²) in [5, 5.41) is 4.18. The van der Waals surface area contributed by atoms with Gasteiger partial charge in [-0.3, -0.25) is 14.6 Å². The Morgan fingerprint density at radius 1 is 1.03 bits per heavy atom. The Morgan fingerprint density at radius 3 is 2.49 bits per heavy atom. The second-order valence-electron chi connectivity index (χ2n) is 10.0. The van der Waals surface area contributed by atoms with E-state index in [2.05, 4.69) is 54.7 Å². The molecule has 0 radical (unpaired) electrons. The van der Waals surface area contributed by atoms with Crippen LogP contribution in [0.2, 0.25) is 0 Å². The Bertz CT molecular complexity index is 1540. The molecular weight excluding hydrogens is 492 g/mol. The zero-order valence-corrected chi connectivity index (χ0v) is 23.1. The monoisotopic (exact) mass is 526 g/mol. The third-order valence-corrected chi connectivity index (χ3v) is 7.55. The lowest BCUT2D eigenvalue weighted by atomic mass is 10.00. The second kappa shape index (κ2) is 10.8. The molecule has 8 heteroatoms. The molecule has 1 aliphatic heterocycles. The molecule has 0 saturated carbocycles. The van der Waals surface area contributed by atoms with Gasteiger partial charge in [0.05, 0.1) is 11.9 Å². The van der Waals surface area contributed by atoms with Crippen LogP contribution < -0.4 is 19.7 Å². The first-order valence-electron chi connectivity index (χ1n) is 13.2. The lowest BCUT2D eigenvalue weighted by Crippen LogP contribution is -2.49. The average molecular weight is 527 g/mol. The topological polar surface area (TPSA) is 85.7 Å². The van der Waals surface area contributed by atoms with Crippen molar-refractivity contribution in [1.29, 1.82) is 0 Å². The van der Waals surface area contributed by atoms with Crippen LogP contribution in [0.25, 0.3) is 10.9 Å². The highest BCUT2D eigenvalue weighted by Gasteiger charge is 2.28. The van der Waals surface area contributed by atoms with E-state index in [9.17, 15) is 9.59 Å². The summed E-state index contributed by atoms with van der Waals surface area (Å²) in [7, 11) is 1.71. The number of rotatable bonds is 8. The number of carbonyl (C=O) groups is 2. The number of aromatic nitrogens is 2. The minimum atomic E-state index is -0.766. The van der Waals surface area contributed by atoms with Gasteiger partial charge in [0.25, 0.3) is 0 Å². The minimum absolute atomic E-state index is 0.157. The lowest BCUT2D eigenvalue weighted by molar-refractivity contribution is -0.127. The van der Waals surface area contributed by atoms with E-state index in [-0.39, 0.29) is 25.0 Å². The number of hydrogen-bond acceptors (Lipinski definition) is 5. The van der Waals surface area contributed by atoms with Crippen LogP contribution in [0.15, 0.2) is 54.9 Å². The summed E-state index contributed by atoms with van der Waals surface area (Å²) in [4.78, 5) is 33.0. The normalized spacial score (nSPS) is 12.9. The molecule has 39 heavy (non-hydrogen) atoms. The van der Waals surface area contributed by atoms with E-state index in [4.69, 9.17) is 9.47 Å². The van der Waals surface area contributed by atoms with E-state index in [0.717, 1.165) is 34.3 Å². The molecule has 1 N–H and O–H groups in total. The Balaban J connectivity index is 1.43. The van der Waals surface area contributed by atoms with Crippen molar-refractivity contribution >= 4 is 28.4 Å². The maximum atomic E-state index is 13.8. The summed E-state index contributed by atoms with van der Waals surface area (Å²) in [6, 6.07) is 12.6. The zero-order chi connectivity index (χ0) is 27.7.